The van der Waals surface area contributed by atoms with Gasteiger partial charge in [0.05, 0.1) is 12.8 Å². The van der Waals surface area contributed by atoms with E-state index in [1.807, 2.05) is 25.2 Å². The predicted molar refractivity (Wildman–Crippen MR) is 72.8 cm³/mol. The smallest absolute Gasteiger partial charge is 0.345 e. The van der Waals surface area contributed by atoms with Gasteiger partial charge in [-0.05, 0) is 24.3 Å². The number of carbonyl (C=O) groups is 1. The molecule has 0 radical (unpaired) electrons. The number of rotatable bonds is 4. The van der Waals surface area contributed by atoms with Crippen LogP contribution in [0.2, 0.25) is 0 Å². The molecular formula is C13H13NO3S. The van der Waals surface area contributed by atoms with Gasteiger partial charge in [-0.3, -0.25) is 0 Å². The highest BCUT2D eigenvalue weighted by molar-refractivity contribution is 7.17. The number of thiophene rings is 1. The van der Waals surface area contributed by atoms with Crippen LogP contribution in [0.1, 0.15) is 9.67 Å². The minimum atomic E-state index is -0.907. The number of anilines is 1. The van der Waals surface area contributed by atoms with Gasteiger partial charge in [0.1, 0.15) is 4.88 Å². The fourth-order valence-corrected chi connectivity index (χ4v) is 2.61. The van der Waals surface area contributed by atoms with E-state index in [4.69, 9.17) is 9.84 Å². The number of nitrogens with one attached hydrogen (secondary N) is 1. The third-order valence-corrected chi connectivity index (χ3v) is 3.68. The Morgan fingerprint density at radius 3 is 2.67 bits per heavy atom. The van der Waals surface area contributed by atoms with Gasteiger partial charge in [0.2, 0.25) is 0 Å². The number of methoxy groups -OCH3 is 1. The Balaban J connectivity index is 2.52. The van der Waals surface area contributed by atoms with E-state index in [1.165, 1.54) is 11.3 Å². The molecule has 5 heteroatoms. The number of carboxylic acid groups (broad SMARTS) is 1. The summed E-state index contributed by atoms with van der Waals surface area (Å²) in [6.45, 7) is 0. The van der Waals surface area contributed by atoms with Gasteiger partial charge in [0, 0.05) is 17.5 Å². The van der Waals surface area contributed by atoms with Crippen LogP contribution in [0.3, 0.4) is 0 Å². The number of aromatic carboxylic acids is 1. The highest BCUT2D eigenvalue weighted by atomic mass is 32.1. The third kappa shape index (κ3) is 2.17. The van der Waals surface area contributed by atoms with Gasteiger partial charge in [-0.15, -0.1) is 11.3 Å². The van der Waals surface area contributed by atoms with Crippen molar-refractivity contribution in [2.24, 2.45) is 0 Å². The number of hydrogen-bond donors (Lipinski definition) is 2. The van der Waals surface area contributed by atoms with E-state index >= 15 is 0 Å². The van der Waals surface area contributed by atoms with Crippen LogP contribution in [0.4, 0.5) is 5.69 Å². The van der Waals surface area contributed by atoms with Gasteiger partial charge in [-0.25, -0.2) is 4.79 Å². The van der Waals surface area contributed by atoms with Crippen LogP contribution in [0.25, 0.3) is 10.4 Å². The van der Waals surface area contributed by atoms with Crippen LogP contribution in [0.5, 0.6) is 5.75 Å². The topological polar surface area (TPSA) is 58.6 Å². The fraction of sp³-hybridized carbons (Fsp3) is 0.154. The molecule has 0 bridgehead atoms. The standard InChI is InChI=1S/C13H13NO3S/c1-14-9-5-3-4-8(12(9)17-2)10-6-7-11(18-10)13(15)16/h3-7,14H,1-2H3,(H,15,16). The molecule has 2 aromatic rings. The zero-order valence-corrected chi connectivity index (χ0v) is 10.9. The summed E-state index contributed by atoms with van der Waals surface area (Å²) in [5, 5.41) is 12.0. The summed E-state index contributed by atoms with van der Waals surface area (Å²) in [6.07, 6.45) is 0. The maximum absolute atomic E-state index is 10.9. The first-order valence-electron chi connectivity index (χ1n) is 5.35. The Morgan fingerprint density at radius 1 is 1.33 bits per heavy atom. The number of ether oxygens (including phenoxy) is 1. The van der Waals surface area contributed by atoms with E-state index in [0.717, 1.165) is 21.9 Å². The molecule has 2 rings (SSSR count). The molecule has 0 saturated heterocycles. The van der Waals surface area contributed by atoms with Crippen molar-refractivity contribution < 1.29 is 14.6 Å². The Hall–Kier alpha value is -2.01. The summed E-state index contributed by atoms with van der Waals surface area (Å²) in [4.78, 5) is 12.1. The van der Waals surface area contributed by atoms with Crippen LogP contribution in [-0.2, 0) is 0 Å². The molecule has 94 valence electrons. The lowest BCUT2D eigenvalue weighted by atomic mass is 10.1. The van der Waals surface area contributed by atoms with Crippen LogP contribution < -0.4 is 10.1 Å². The van der Waals surface area contributed by atoms with Crippen molar-refractivity contribution in [1.29, 1.82) is 0 Å². The Bertz CT molecular complexity index is 577. The summed E-state index contributed by atoms with van der Waals surface area (Å²) in [6, 6.07) is 9.13. The van der Waals surface area contributed by atoms with Gasteiger partial charge < -0.3 is 15.2 Å². The maximum Gasteiger partial charge on any atom is 0.345 e. The Kier molecular flexibility index (Phi) is 3.53. The lowest BCUT2D eigenvalue weighted by Crippen LogP contribution is -1.95. The van der Waals surface area contributed by atoms with E-state index in [0.29, 0.717) is 4.88 Å². The molecule has 1 aromatic carbocycles. The van der Waals surface area contributed by atoms with E-state index in [9.17, 15) is 4.79 Å². The van der Waals surface area contributed by atoms with Crippen LogP contribution >= 0.6 is 11.3 Å². The molecule has 0 saturated carbocycles. The quantitative estimate of drug-likeness (QED) is 0.889. The molecule has 1 aromatic heterocycles. The van der Waals surface area contributed by atoms with Gasteiger partial charge in [-0.2, -0.15) is 0 Å². The molecule has 0 atom stereocenters. The van der Waals surface area contributed by atoms with Crippen LogP contribution in [-0.4, -0.2) is 25.2 Å². The van der Waals surface area contributed by atoms with E-state index in [1.54, 1.807) is 19.2 Å². The zero-order valence-electron chi connectivity index (χ0n) is 10.1. The minimum Gasteiger partial charge on any atom is -0.494 e. The van der Waals surface area contributed by atoms with Crippen molar-refractivity contribution in [3.8, 4) is 16.2 Å². The normalized spacial score (nSPS) is 10.1. The monoisotopic (exact) mass is 263 g/mol. The lowest BCUT2D eigenvalue weighted by Gasteiger charge is -2.11. The minimum absolute atomic E-state index is 0.321. The van der Waals surface area contributed by atoms with Gasteiger partial charge in [0.25, 0.3) is 0 Å². The first kappa shape index (κ1) is 12.4. The molecule has 0 aliphatic rings. The van der Waals surface area contributed by atoms with E-state index in [2.05, 4.69) is 5.32 Å². The zero-order chi connectivity index (χ0) is 13.1. The molecule has 18 heavy (non-hydrogen) atoms. The molecule has 2 N–H and O–H groups in total. The molecule has 4 nitrogen and oxygen atoms in total. The van der Waals surface area contributed by atoms with Crippen molar-refractivity contribution in [3.63, 3.8) is 0 Å². The highest BCUT2D eigenvalue weighted by Crippen LogP contribution is 2.39. The lowest BCUT2D eigenvalue weighted by molar-refractivity contribution is 0.0702. The van der Waals surface area contributed by atoms with Gasteiger partial charge in [-0.1, -0.05) is 6.07 Å². The van der Waals surface area contributed by atoms with Crippen molar-refractivity contribution in [3.05, 3.63) is 35.2 Å². The summed E-state index contributed by atoms with van der Waals surface area (Å²) in [5.74, 6) is -0.186. The molecule has 0 aliphatic carbocycles. The summed E-state index contributed by atoms with van der Waals surface area (Å²) < 4.78 is 5.39. The van der Waals surface area contributed by atoms with Gasteiger partial charge in [0.15, 0.2) is 5.75 Å². The molecular weight excluding hydrogens is 250 g/mol. The third-order valence-electron chi connectivity index (χ3n) is 2.57. The van der Waals surface area contributed by atoms with Crippen LogP contribution in [0, 0.1) is 0 Å². The highest BCUT2D eigenvalue weighted by Gasteiger charge is 2.14. The first-order chi connectivity index (χ1) is 8.67. The van der Waals surface area contributed by atoms with Crippen molar-refractivity contribution >= 4 is 23.0 Å². The predicted octanol–water partition coefficient (Wildman–Crippen LogP) is 3.16. The second kappa shape index (κ2) is 5.10. The average molecular weight is 263 g/mol. The van der Waals surface area contributed by atoms with Crippen molar-refractivity contribution in [2.45, 2.75) is 0 Å². The number of benzene rings is 1. The summed E-state index contributed by atoms with van der Waals surface area (Å²) >= 11 is 1.24. The summed E-state index contributed by atoms with van der Waals surface area (Å²) in [5.41, 5.74) is 1.77. The Morgan fingerprint density at radius 2 is 2.11 bits per heavy atom. The number of hydrogen-bond acceptors (Lipinski definition) is 4. The summed E-state index contributed by atoms with van der Waals surface area (Å²) in [7, 11) is 3.42. The largest absolute Gasteiger partial charge is 0.494 e. The second-order valence-electron chi connectivity index (χ2n) is 3.61. The molecule has 0 aliphatic heterocycles. The van der Waals surface area contributed by atoms with E-state index < -0.39 is 5.97 Å². The average Bonchev–Trinajstić information content (AvgIpc) is 2.87. The van der Waals surface area contributed by atoms with Crippen LogP contribution in [0.15, 0.2) is 30.3 Å². The van der Waals surface area contributed by atoms with E-state index in [-0.39, 0.29) is 0 Å². The van der Waals surface area contributed by atoms with Gasteiger partial charge >= 0.3 is 5.97 Å². The maximum atomic E-state index is 10.9. The second-order valence-corrected chi connectivity index (χ2v) is 4.69. The SMILES string of the molecule is CNc1cccc(-c2ccc(C(=O)O)s2)c1OC. The Labute approximate surface area is 109 Å². The molecule has 0 fully saturated rings. The number of carboxylic acids is 1. The molecule has 0 unspecified atom stereocenters. The fourth-order valence-electron chi connectivity index (χ4n) is 1.75. The number of para-hydroxylation sites is 1. The molecule has 0 amide bonds. The van der Waals surface area contributed by atoms with Crippen molar-refractivity contribution in [1.82, 2.24) is 0 Å². The van der Waals surface area contributed by atoms with Crippen molar-refractivity contribution in [2.75, 3.05) is 19.5 Å². The molecule has 1 heterocycles. The molecule has 0 spiro atoms. The first-order valence-corrected chi connectivity index (χ1v) is 6.17.